The molecule has 0 aliphatic rings. The summed E-state index contributed by atoms with van der Waals surface area (Å²) in [6.07, 6.45) is 0.639. The molecule has 0 aliphatic heterocycles. The fraction of sp³-hybridized carbons (Fsp3) is 0.188. The summed E-state index contributed by atoms with van der Waals surface area (Å²) in [7, 11) is 1.68. The lowest BCUT2D eigenvalue weighted by atomic mass is 9.97. The van der Waals surface area contributed by atoms with Crippen LogP contribution in [0.4, 0.5) is 0 Å². The number of benzene rings is 2. The van der Waals surface area contributed by atoms with Gasteiger partial charge < -0.3 is 10.8 Å². The van der Waals surface area contributed by atoms with Gasteiger partial charge in [-0.2, -0.15) is 0 Å². The van der Waals surface area contributed by atoms with Crippen molar-refractivity contribution < 1.29 is 5.11 Å². The summed E-state index contributed by atoms with van der Waals surface area (Å²) in [6.45, 7) is 1.90. The predicted molar refractivity (Wildman–Crippen MR) is 78.7 cm³/mol. The number of aryl methyl sites for hydroxylation is 1. The third-order valence-electron chi connectivity index (χ3n) is 3.24. The molecule has 2 aromatic rings. The zero-order valence-electron chi connectivity index (χ0n) is 11.2. The van der Waals surface area contributed by atoms with Gasteiger partial charge in [0.1, 0.15) is 11.6 Å². The topological polar surface area (TPSA) is 58.6 Å². The molecule has 0 fully saturated rings. The molecule has 0 atom stereocenters. The highest BCUT2D eigenvalue weighted by Gasteiger charge is 2.09. The minimum absolute atomic E-state index is 0.351. The molecule has 0 saturated carbocycles. The molecule has 0 saturated heterocycles. The summed E-state index contributed by atoms with van der Waals surface area (Å²) in [6, 6.07) is 13.6. The van der Waals surface area contributed by atoms with Gasteiger partial charge in [0.25, 0.3) is 0 Å². The van der Waals surface area contributed by atoms with Gasteiger partial charge in [-0.05, 0) is 23.6 Å². The smallest absolute Gasteiger partial charge is 0.125 e. The SMILES string of the molecule is CN=C(N)c1ccccc1Cc1cccc(C)c1O. The quantitative estimate of drug-likeness (QED) is 0.653. The summed E-state index contributed by atoms with van der Waals surface area (Å²) in [5.41, 5.74) is 9.67. The van der Waals surface area contributed by atoms with E-state index in [2.05, 4.69) is 4.99 Å². The van der Waals surface area contributed by atoms with Crippen molar-refractivity contribution in [3.05, 3.63) is 64.7 Å². The third-order valence-corrected chi connectivity index (χ3v) is 3.24. The highest BCUT2D eigenvalue weighted by Crippen LogP contribution is 2.25. The third kappa shape index (κ3) is 2.76. The Morgan fingerprint density at radius 2 is 1.79 bits per heavy atom. The fourth-order valence-corrected chi connectivity index (χ4v) is 2.11. The van der Waals surface area contributed by atoms with Crippen LogP contribution >= 0.6 is 0 Å². The van der Waals surface area contributed by atoms with Gasteiger partial charge in [0, 0.05) is 19.0 Å². The van der Waals surface area contributed by atoms with Crippen molar-refractivity contribution in [2.75, 3.05) is 7.05 Å². The molecule has 0 amide bonds. The van der Waals surface area contributed by atoms with Crippen LogP contribution in [0.2, 0.25) is 0 Å². The number of amidine groups is 1. The van der Waals surface area contributed by atoms with Gasteiger partial charge in [0.2, 0.25) is 0 Å². The van der Waals surface area contributed by atoms with E-state index >= 15 is 0 Å². The molecule has 3 nitrogen and oxygen atoms in total. The minimum Gasteiger partial charge on any atom is -0.507 e. The molecule has 0 aliphatic carbocycles. The number of nitrogens with two attached hydrogens (primary N) is 1. The van der Waals surface area contributed by atoms with Crippen molar-refractivity contribution in [1.29, 1.82) is 0 Å². The Balaban J connectivity index is 2.42. The number of nitrogens with zero attached hydrogens (tertiary/aromatic N) is 1. The van der Waals surface area contributed by atoms with Gasteiger partial charge in [0.05, 0.1) is 0 Å². The Morgan fingerprint density at radius 3 is 2.53 bits per heavy atom. The summed E-state index contributed by atoms with van der Waals surface area (Å²) in [5, 5.41) is 10.1. The monoisotopic (exact) mass is 254 g/mol. The van der Waals surface area contributed by atoms with Crippen LogP contribution in [-0.2, 0) is 6.42 Å². The normalized spacial score (nSPS) is 11.6. The van der Waals surface area contributed by atoms with Gasteiger partial charge in [-0.1, -0.05) is 42.5 Å². The minimum atomic E-state index is 0.351. The van der Waals surface area contributed by atoms with Gasteiger partial charge in [-0.15, -0.1) is 0 Å². The fourth-order valence-electron chi connectivity index (χ4n) is 2.11. The molecule has 0 aromatic heterocycles. The lowest BCUT2D eigenvalue weighted by Gasteiger charge is -2.11. The number of phenolic OH excluding ortho intramolecular Hbond substituents is 1. The molecular formula is C16H18N2O. The van der Waals surface area contributed by atoms with Crippen molar-refractivity contribution in [1.82, 2.24) is 0 Å². The predicted octanol–water partition coefficient (Wildman–Crippen LogP) is 2.63. The van der Waals surface area contributed by atoms with E-state index < -0.39 is 0 Å². The first-order valence-electron chi connectivity index (χ1n) is 6.21. The summed E-state index contributed by atoms with van der Waals surface area (Å²) < 4.78 is 0. The van der Waals surface area contributed by atoms with Crippen molar-refractivity contribution in [2.24, 2.45) is 10.7 Å². The second-order valence-corrected chi connectivity index (χ2v) is 4.53. The van der Waals surface area contributed by atoms with E-state index in [4.69, 9.17) is 5.73 Å². The maximum absolute atomic E-state index is 10.1. The van der Waals surface area contributed by atoms with E-state index in [9.17, 15) is 5.11 Å². The average Bonchev–Trinajstić information content (AvgIpc) is 2.43. The van der Waals surface area contributed by atoms with Crippen LogP contribution < -0.4 is 5.73 Å². The molecule has 0 bridgehead atoms. The van der Waals surface area contributed by atoms with E-state index in [1.807, 2.05) is 49.4 Å². The Bertz CT molecular complexity index is 618. The Kier molecular flexibility index (Phi) is 3.85. The van der Waals surface area contributed by atoms with Gasteiger partial charge in [0.15, 0.2) is 0 Å². The van der Waals surface area contributed by atoms with Gasteiger partial charge in [-0.3, -0.25) is 4.99 Å². The Morgan fingerprint density at radius 1 is 1.11 bits per heavy atom. The molecule has 0 heterocycles. The first kappa shape index (κ1) is 13.1. The maximum atomic E-state index is 10.1. The van der Waals surface area contributed by atoms with Crippen LogP contribution in [0.15, 0.2) is 47.5 Å². The Hall–Kier alpha value is -2.29. The maximum Gasteiger partial charge on any atom is 0.125 e. The number of aliphatic imine (C=N–C) groups is 1. The highest BCUT2D eigenvalue weighted by atomic mass is 16.3. The van der Waals surface area contributed by atoms with Crippen molar-refractivity contribution >= 4 is 5.84 Å². The van der Waals surface area contributed by atoms with Crippen molar-refractivity contribution in [3.63, 3.8) is 0 Å². The molecule has 2 rings (SSSR count). The first-order valence-corrected chi connectivity index (χ1v) is 6.21. The van der Waals surface area contributed by atoms with Crippen LogP contribution in [0, 0.1) is 6.92 Å². The van der Waals surface area contributed by atoms with Crippen molar-refractivity contribution in [2.45, 2.75) is 13.3 Å². The van der Waals surface area contributed by atoms with Crippen LogP contribution in [0.1, 0.15) is 22.3 Å². The molecule has 0 unspecified atom stereocenters. The second-order valence-electron chi connectivity index (χ2n) is 4.53. The van der Waals surface area contributed by atoms with E-state index in [1.54, 1.807) is 7.05 Å². The van der Waals surface area contributed by atoms with E-state index in [0.717, 1.165) is 22.3 Å². The standard InChI is InChI=1S/C16H18N2O/c1-11-6-5-8-13(15(11)19)10-12-7-3-4-9-14(12)16(17)18-2/h3-9,19H,10H2,1-2H3,(H2,17,18). The average molecular weight is 254 g/mol. The highest BCUT2D eigenvalue weighted by molar-refractivity contribution is 5.98. The van der Waals surface area contributed by atoms with E-state index in [-0.39, 0.29) is 0 Å². The largest absolute Gasteiger partial charge is 0.507 e. The number of rotatable bonds is 3. The molecule has 19 heavy (non-hydrogen) atoms. The molecule has 0 radical (unpaired) electrons. The summed E-state index contributed by atoms with van der Waals surface area (Å²) in [5.74, 6) is 0.868. The van der Waals surface area contributed by atoms with Crippen LogP contribution in [0.3, 0.4) is 0 Å². The summed E-state index contributed by atoms with van der Waals surface area (Å²) in [4.78, 5) is 4.03. The molecular weight excluding hydrogens is 236 g/mol. The number of para-hydroxylation sites is 1. The van der Waals surface area contributed by atoms with Crippen LogP contribution in [-0.4, -0.2) is 18.0 Å². The zero-order valence-corrected chi connectivity index (χ0v) is 11.2. The van der Waals surface area contributed by atoms with E-state index in [1.165, 1.54) is 0 Å². The van der Waals surface area contributed by atoms with Crippen LogP contribution in [0.25, 0.3) is 0 Å². The van der Waals surface area contributed by atoms with Crippen molar-refractivity contribution in [3.8, 4) is 5.75 Å². The second kappa shape index (κ2) is 5.57. The zero-order chi connectivity index (χ0) is 13.8. The number of hydrogen-bond acceptors (Lipinski definition) is 2. The molecule has 2 aromatic carbocycles. The first-order chi connectivity index (χ1) is 9.13. The molecule has 3 N–H and O–H groups in total. The van der Waals surface area contributed by atoms with E-state index in [0.29, 0.717) is 18.0 Å². The van der Waals surface area contributed by atoms with Crippen LogP contribution in [0.5, 0.6) is 5.75 Å². The molecule has 0 spiro atoms. The molecule has 98 valence electrons. The summed E-state index contributed by atoms with van der Waals surface area (Å²) >= 11 is 0. The number of phenols is 1. The lowest BCUT2D eigenvalue weighted by Crippen LogP contribution is -2.15. The number of hydrogen-bond donors (Lipinski definition) is 2. The number of aromatic hydroxyl groups is 1. The Labute approximate surface area is 113 Å². The van der Waals surface area contributed by atoms with Gasteiger partial charge in [-0.25, -0.2) is 0 Å². The molecule has 3 heteroatoms. The lowest BCUT2D eigenvalue weighted by molar-refractivity contribution is 0.465. The van der Waals surface area contributed by atoms with Gasteiger partial charge >= 0.3 is 0 Å².